The Balaban J connectivity index is 1.57. The van der Waals surface area contributed by atoms with Gasteiger partial charge < -0.3 is 5.32 Å². The number of amides is 1. The molecule has 0 aromatic heterocycles. The summed E-state index contributed by atoms with van der Waals surface area (Å²) in [5, 5.41) is 3.03. The molecule has 0 fully saturated rings. The number of carbonyl (C=O) groups is 1. The Labute approximate surface area is 143 Å². The Bertz CT molecular complexity index is 726. The number of nitrogens with one attached hydrogen (secondary N) is 1. The Kier molecular flexibility index (Phi) is 5.29. The lowest BCUT2D eigenvalue weighted by Gasteiger charge is -2.20. The predicted molar refractivity (Wildman–Crippen MR) is 94.4 cm³/mol. The van der Waals surface area contributed by atoms with Crippen LogP contribution in [0.5, 0.6) is 0 Å². The van der Waals surface area contributed by atoms with Crippen molar-refractivity contribution in [3.05, 3.63) is 70.5 Å². The molecule has 2 aromatic rings. The van der Waals surface area contributed by atoms with E-state index in [0.29, 0.717) is 18.4 Å². The van der Waals surface area contributed by atoms with E-state index in [2.05, 4.69) is 23.5 Å². The van der Waals surface area contributed by atoms with Crippen molar-refractivity contribution in [3.8, 4) is 0 Å². The van der Waals surface area contributed by atoms with Gasteiger partial charge in [-0.3, -0.25) is 4.79 Å². The molecule has 126 valence electrons. The van der Waals surface area contributed by atoms with Gasteiger partial charge >= 0.3 is 0 Å². The number of benzene rings is 2. The SMILES string of the molecule is C[C@@H](NC(=O)CCc1ccccc1F)c1ccc2c(c1)CCCC2. The lowest BCUT2D eigenvalue weighted by molar-refractivity contribution is -0.121. The highest BCUT2D eigenvalue weighted by molar-refractivity contribution is 5.76. The second-order valence-corrected chi connectivity index (χ2v) is 6.62. The summed E-state index contributed by atoms with van der Waals surface area (Å²) in [4.78, 5) is 12.2. The summed E-state index contributed by atoms with van der Waals surface area (Å²) >= 11 is 0. The minimum atomic E-state index is -0.243. The highest BCUT2D eigenvalue weighted by atomic mass is 19.1. The van der Waals surface area contributed by atoms with Gasteiger partial charge in [0.15, 0.2) is 0 Å². The maximum absolute atomic E-state index is 13.6. The largest absolute Gasteiger partial charge is 0.350 e. The summed E-state index contributed by atoms with van der Waals surface area (Å²) < 4.78 is 13.6. The molecular formula is C21H24FNO. The summed E-state index contributed by atoms with van der Waals surface area (Å²) in [6.07, 6.45) is 5.55. The predicted octanol–water partition coefficient (Wildman–Crippen LogP) is 4.51. The van der Waals surface area contributed by atoms with Crippen LogP contribution in [0.1, 0.15) is 54.5 Å². The van der Waals surface area contributed by atoms with E-state index in [4.69, 9.17) is 0 Å². The first-order chi connectivity index (χ1) is 11.6. The van der Waals surface area contributed by atoms with Gasteiger partial charge in [-0.2, -0.15) is 0 Å². The van der Waals surface area contributed by atoms with Crippen molar-refractivity contribution in [3.63, 3.8) is 0 Å². The summed E-state index contributed by atoms with van der Waals surface area (Å²) in [6, 6.07) is 13.2. The summed E-state index contributed by atoms with van der Waals surface area (Å²) in [5.74, 6) is -0.281. The molecule has 0 saturated heterocycles. The molecule has 0 radical (unpaired) electrons. The van der Waals surface area contributed by atoms with Crippen molar-refractivity contribution in [2.45, 2.75) is 51.5 Å². The molecule has 0 heterocycles. The minimum absolute atomic E-state index is 0.0228. The smallest absolute Gasteiger partial charge is 0.220 e. The van der Waals surface area contributed by atoms with Gasteiger partial charge in [0.2, 0.25) is 5.91 Å². The third kappa shape index (κ3) is 4.02. The van der Waals surface area contributed by atoms with E-state index in [-0.39, 0.29) is 17.8 Å². The molecule has 0 aliphatic heterocycles. The fourth-order valence-corrected chi connectivity index (χ4v) is 3.37. The lowest BCUT2D eigenvalue weighted by Crippen LogP contribution is -2.27. The van der Waals surface area contributed by atoms with E-state index in [1.165, 1.54) is 36.5 Å². The first kappa shape index (κ1) is 16.7. The number of halogens is 1. The first-order valence-electron chi connectivity index (χ1n) is 8.78. The Morgan fingerprint density at radius 1 is 1.12 bits per heavy atom. The average molecular weight is 325 g/mol. The van der Waals surface area contributed by atoms with Crippen LogP contribution < -0.4 is 5.32 Å². The van der Waals surface area contributed by atoms with Crippen LogP contribution in [-0.2, 0) is 24.1 Å². The van der Waals surface area contributed by atoms with Gasteiger partial charge in [0.25, 0.3) is 0 Å². The van der Waals surface area contributed by atoms with Gasteiger partial charge in [-0.15, -0.1) is 0 Å². The van der Waals surface area contributed by atoms with Crippen LogP contribution in [0.15, 0.2) is 42.5 Å². The Morgan fingerprint density at radius 2 is 1.88 bits per heavy atom. The van der Waals surface area contributed by atoms with Gasteiger partial charge in [-0.1, -0.05) is 36.4 Å². The molecule has 0 bridgehead atoms. The van der Waals surface area contributed by atoms with Gasteiger partial charge in [-0.25, -0.2) is 4.39 Å². The highest BCUT2D eigenvalue weighted by Crippen LogP contribution is 2.24. The number of carbonyl (C=O) groups excluding carboxylic acids is 1. The van der Waals surface area contributed by atoms with Crippen molar-refractivity contribution >= 4 is 5.91 Å². The molecule has 1 aliphatic rings. The van der Waals surface area contributed by atoms with Crippen molar-refractivity contribution in [2.24, 2.45) is 0 Å². The highest BCUT2D eigenvalue weighted by Gasteiger charge is 2.14. The van der Waals surface area contributed by atoms with Gasteiger partial charge in [0, 0.05) is 6.42 Å². The molecule has 2 nitrogen and oxygen atoms in total. The molecule has 0 saturated carbocycles. The third-order valence-electron chi connectivity index (χ3n) is 4.83. The molecule has 1 aliphatic carbocycles. The van der Waals surface area contributed by atoms with E-state index in [1.807, 2.05) is 6.92 Å². The molecule has 24 heavy (non-hydrogen) atoms. The van der Waals surface area contributed by atoms with E-state index in [9.17, 15) is 9.18 Å². The monoisotopic (exact) mass is 325 g/mol. The maximum Gasteiger partial charge on any atom is 0.220 e. The van der Waals surface area contributed by atoms with E-state index < -0.39 is 0 Å². The van der Waals surface area contributed by atoms with Crippen LogP contribution in [0.2, 0.25) is 0 Å². The molecule has 2 aromatic carbocycles. The van der Waals surface area contributed by atoms with Crippen LogP contribution >= 0.6 is 0 Å². The maximum atomic E-state index is 13.6. The third-order valence-corrected chi connectivity index (χ3v) is 4.83. The number of aryl methyl sites for hydroxylation is 3. The quantitative estimate of drug-likeness (QED) is 0.861. The first-order valence-corrected chi connectivity index (χ1v) is 8.78. The van der Waals surface area contributed by atoms with Crippen molar-refractivity contribution < 1.29 is 9.18 Å². The minimum Gasteiger partial charge on any atom is -0.350 e. The Hall–Kier alpha value is -2.16. The van der Waals surface area contributed by atoms with E-state index in [0.717, 1.165) is 12.0 Å². The number of rotatable bonds is 5. The fourth-order valence-electron chi connectivity index (χ4n) is 3.37. The topological polar surface area (TPSA) is 29.1 Å². The second kappa shape index (κ2) is 7.61. The van der Waals surface area contributed by atoms with Gasteiger partial charge in [0.05, 0.1) is 6.04 Å². The van der Waals surface area contributed by atoms with E-state index >= 15 is 0 Å². The molecule has 1 atom stereocenters. The normalized spacial score (nSPS) is 14.8. The van der Waals surface area contributed by atoms with Crippen LogP contribution in [0.4, 0.5) is 4.39 Å². The van der Waals surface area contributed by atoms with Crippen molar-refractivity contribution in [1.82, 2.24) is 5.32 Å². The zero-order chi connectivity index (χ0) is 16.9. The van der Waals surface area contributed by atoms with Gasteiger partial charge in [-0.05, 0) is 67.3 Å². The number of hydrogen-bond donors (Lipinski definition) is 1. The van der Waals surface area contributed by atoms with Crippen LogP contribution in [-0.4, -0.2) is 5.91 Å². The summed E-state index contributed by atoms with van der Waals surface area (Å²) in [5.41, 5.74) is 4.61. The molecule has 1 amide bonds. The summed E-state index contributed by atoms with van der Waals surface area (Å²) in [6.45, 7) is 2.01. The van der Waals surface area contributed by atoms with Gasteiger partial charge in [0.1, 0.15) is 5.82 Å². The molecule has 0 spiro atoms. The Morgan fingerprint density at radius 3 is 2.67 bits per heavy atom. The number of fused-ring (bicyclic) bond motifs is 1. The second-order valence-electron chi connectivity index (χ2n) is 6.62. The lowest BCUT2D eigenvalue weighted by atomic mass is 9.89. The van der Waals surface area contributed by atoms with Crippen LogP contribution in [0, 0.1) is 5.82 Å². The van der Waals surface area contributed by atoms with Crippen molar-refractivity contribution in [2.75, 3.05) is 0 Å². The standard InChI is InChI=1S/C21H24FNO/c1-15(18-11-10-16-6-2-3-8-19(16)14-18)23-21(24)13-12-17-7-4-5-9-20(17)22/h4-5,7,9-11,14-15H,2-3,6,8,12-13H2,1H3,(H,23,24)/t15-/m1/s1. The molecule has 3 heteroatoms. The average Bonchev–Trinajstić information content (AvgIpc) is 2.60. The summed E-state index contributed by atoms with van der Waals surface area (Å²) in [7, 11) is 0. The zero-order valence-electron chi connectivity index (χ0n) is 14.1. The zero-order valence-corrected chi connectivity index (χ0v) is 14.1. The van der Waals surface area contributed by atoms with Crippen LogP contribution in [0.25, 0.3) is 0 Å². The van der Waals surface area contributed by atoms with Crippen molar-refractivity contribution in [1.29, 1.82) is 0 Å². The van der Waals surface area contributed by atoms with Crippen LogP contribution in [0.3, 0.4) is 0 Å². The number of hydrogen-bond acceptors (Lipinski definition) is 1. The molecule has 3 rings (SSSR count). The van der Waals surface area contributed by atoms with E-state index in [1.54, 1.807) is 18.2 Å². The molecule has 1 N–H and O–H groups in total. The fraction of sp³-hybridized carbons (Fsp3) is 0.381. The molecular weight excluding hydrogens is 301 g/mol. The molecule has 0 unspecified atom stereocenters.